The first-order valence-corrected chi connectivity index (χ1v) is 7.61. The van der Waals surface area contributed by atoms with Gasteiger partial charge in [-0.25, -0.2) is 0 Å². The summed E-state index contributed by atoms with van der Waals surface area (Å²) in [7, 11) is 0. The molecule has 0 fully saturated rings. The Labute approximate surface area is 119 Å². The molecule has 0 aliphatic heterocycles. The van der Waals surface area contributed by atoms with Crippen LogP contribution in [0.4, 0.5) is 0 Å². The van der Waals surface area contributed by atoms with E-state index in [1.807, 2.05) is 6.07 Å². The molecule has 1 unspecified atom stereocenters. The fraction of sp³-hybridized carbons (Fsp3) is 0.500. The van der Waals surface area contributed by atoms with Gasteiger partial charge in [-0.3, -0.25) is 0 Å². The molecule has 0 aliphatic carbocycles. The van der Waals surface area contributed by atoms with Gasteiger partial charge in [0.05, 0.1) is 21.3 Å². The minimum absolute atomic E-state index is 0.0317. The Morgan fingerprint density at radius 1 is 1.50 bits per heavy atom. The highest BCUT2D eigenvalue weighted by Gasteiger charge is 2.24. The summed E-state index contributed by atoms with van der Waals surface area (Å²) in [6.45, 7) is 5.17. The molecule has 0 saturated heterocycles. The van der Waals surface area contributed by atoms with Gasteiger partial charge in [-0.15, -0.1) is 5.10 Å². The van der Waals surface area contributed by atoms with Crippen molar-refractivity contribution in [3.63, 3.8) is 0 Å². The number of furan rings is 1. The van der Waals surface area contributed by atoms with Crippen molar-refractivity contribution in [1.29, 1.82) is 0 Å². The summed E-state index contributed by atoms with van der Waals surface area (Å²) in [5.41, 5.74) is 1.04. The molecule has 2 aromatic rings. The lowest BCUT2D eigenvalue weighted by atomic mass is 10.1. The van der Waals surface area contributed by atoms with Crippen LogP contribution in [0.3, 0.4) is 0 Å². The summed E-state index contributed by atoms with van der Waals surface area (Å²) in [6, 6.07) is 1.94. The van der Waals surface area contributed by atoms with Crippen molar-refractivity contribution in [2.45, 2.75) is 32.7 Å². The summed E-state index contributed by atoms with van der Waals surface area (Å²) in [5, 5.41) is 7.67. The normalized spacial score (nSPS) is 12.8. The van der Waals surface area contributed by atoms with E-state index in [4.69, 9.17) is 4.42 Å². The average Bonchev–Trinajstić information content (AvgIpc) is 2.99. The molecule has 6 heteroatoms. The van der Waals surface area contributed by atoms with Crippen molar-refractivity contribution in [2.24, 2.45) is 0 Å². The Kier molecular flexibility index (Phi) is 4.91. The quantitative estimate of drug-likeness (QED) is 0.880. The molecule has 98 valence electrons. The van der Waals surface area contributed by atoms with E-state index in [1.54, 1.807) is 6.26 Å². The molecular formula is C12H16BrN3OS. The molecule has 1 atom stereocenters. The van der Waals surface area contributed by atoms with Crippen LogP contribution in [0.25, 0.3) is 0 Å². The van der Waals surface area contributed by atoms with E-state index in [0.29, 0.717) is 0 Å². The van der Waals surface area contributed by atoms with Gasteiger partial charge in [0.1, 0.15) is 11.8 Å². The summed E-state index contributed by atoms with van der Waals surface area (Å²) in [6.07, 6.45) is 3.65. The molecule has 0 saturated carbocycles. The zero-order chi connectivity index (χ0) is 13.0. The Bertz CT molecular complexity index is 497. The molecule has 2 aromatic heterocycles. The predicted octanol–water partition coefficient (Wildman–Crippen LogP) is 3.55. The lowest BCUT2D eigenvalue weighted by molar-refractivity contribution is 0.446. The van der Waals surface area contributed by atoms with Gasteiger partial charge in [0.2, 0.25) is 0 Å². The smallest absolute Gasteiger partial charge is 0.140 e. The number of rotatable bonds is 6. The van der Waals surface area contributed by atoms with Crippen LogP contribution >= 0.6 is 27.5 Å². The maximum atomic E-state index is 5.59. The highest BCUT2D eigenvalue weighted by Crippen LogP contribution is 2.32. The van der Waals surface area contributed by atoms with Gasteiger partial charge in [0, 0.05) is 0 Å². The Hall–Kier alpha value is -0.720. The number of aryl methyl sites for hydroxylation is 1. The molecular weight excluding hydrogens is 314 g/mol. The third-order valence-electron chi connectivity index (χ3n) is 2.69. The van der Waals surface area contributed by atoms with Crippen LogP contribution in [-0.2, 0) is 6.42 Å². The third kappa shape index (κ3) is 2.81. The van der Waals surface area contributed by atoms with Crippen molar-refractivity contribution in [1.82, 2.24) is 14.9 Å². The maximum Gasteiger partial charge on any atom is 0.140 e. The molecule has 1 N–H and O–H groups in total. The average molecular weight is 330 g/mol. The first-order valence-electron chi connectivity index (χ1n) is 6.05. The Morgan fingerprint density at radius 3 is 2.94 bits per heavy atom. The Balaban J connectivity index is 2.34. The van der Waals surface area contributed by atoms with Crippen LogP contribution in [0.5, 0.6) is 0 Å². The van der Waals surface area contributed by atoms with E-state index in [9.17, 15) is 0 Å². The van der Waals surface area contributed by atoms with Gasteiger partial charge in [-0.1, -0.05) is 18.3 Å². The van der Waals surface area contributed by atoms with Crippen molar-refractivity contribution in [3.05, 3.63) is 33.1 Å². The largest absolute Gasteiger partial charge is 0.466 e. The second-order valence-corrected chi connectivity index (χ2v) is 5.60. The molecule has 0 bridgehead atoms. The minimum Gasteiger partial charge on any atom is -0.466 e. The van der Waals surface area contributed by atoms with Crippen LogP contribution in [0.2, 0.25) is 0 Å². The Morgan fingerprint density at radius 2 is 2.33 bits per heavy atom. The summed E-state index contributed by atoms with van der Waals surface area (Å²) in [4.78, 5) is 1.14. The summed E-state index contributed by atoms with van der Waals surface area (Å²) in [5.74, 6) is 0.893. The molecule has 0 amide bonds. The fourth-order valence-electron chi connectivity index (χ4n) is 1.78. The van der Waals surface area contributed by atoms with Gasteiger partial charge in [-0.05, 0) is 52.9 Å². The van der Waals surface area contributed by atoms with Gasteiger partial charge in [-0.2, -0.15) is 0 Å². The second-order valence-electron chi connectivity index (χ2n) is 3.96. The van der Waals surface area contributed by atoms with E-state index < -0.39 is 0 Å². The van der Waals surface area contributed by atoms with Gasteiger partial charge in [0.25, 0.3) is 0 Å². The minimum atomic E-state index is 0.0317. The van der Waals surface area contributed by atoms with Gasteiger partial charge >= 0.3 is 0 Å². The first-order chi connectivity index (χ1) is 8.77. The van der Waals surface area contributed by atoms with Crippen molar-refractivity contribution in [3.8, 4) is 0 Å². The van der Waals surface area contributed by atoms with Gasteiger partial charge in [0.15, 0.2) is 0 Å². The first kappa shape index (κ1) is 13.7. The number of aromatic nitrogens is 2. The van der Waals surface area contributed by atoms with Crippen LogP contribution in [0.1, 0.15) is 42.6 Å². The van der Waals surface area contributed by atoms with Crippen LogP contribution in [0, 0.1) is 0 Å². The van der Waals surface area contributed by atoms with Gasteiger partial charge < -0.3 is 9.73 Å². The number of hydrogen-bond acceptors (Lipinski definition) is 5. The lowest BCUT2D eigenvalue weighted by Crippen LogP contribution is -2.23. The fourth-order valence-corrected chi connectivity index (χ4v) is 3.03. The number of nitrogens with one attached hydrogen (secondary N) is 1. The molecule has 4 nitrogen and oxygen atoms in total. The lowest BCUT2D eigenvalue weighted by Gasteiger charge is -2.15. The third-order valence-corrected chi connectivity index (χ3v) is 4.17. The standard InChI is InChI=1S/C12H16BrN3OS/c1-3-6-14-10(11-8(13)5-7-17-11)12-9(4-2)15-16-18-12/h5,7,10,14H,3-4,6H2,1-2H3. The number of nitrogens with zero attached hydrogens (tertiary/aromatic N) is 2. The van der Waals surface area contributed by atoms with Crippen molar-refractivity contribution < 1.29 is 4.42 Å². The van der Waals surface area contributed by atoms with Crippen LogP contribution < -0.4 is 5.32 Å². The number of hydrogen-bond donors (Lipinski definition) is 1. The molecule has 18 heavy (non-hydrogen) atoms. The second kappa shape index (κ2) is 6.45. The highest BCUT2D eigenvalue weighted by molar-refractivity contribution is 9.10. The molecule has 2 heterocycles. The zero-order valence-corrected chi connectivity index (χ0v) is 12.8. The summed E-state index contributed by atoms with van der Waals surface area (Å²) >= 11 is 4.96. The highest BCUT2D eigenvalue weighted by atomic mass is 79.9. The summed E-state index contributed by atoms with van der Waals surface area (Å²) < 4.78 is 10.6. The van der Waals surface area contributed by atoms with Crippen LogP contribution in [-0.4, -0.2) is 16.1 Å². The van der Waals surface area contributed by atoms with Crippen molar-refractivity contribution in [2.75, 3.05) is 6.54 Å². The zero-order valence-electron chi connectivity index (χ0n) is 10.4. The molecule has 0 radical (unpaired) electrons. The monoisotopic (exact) mass is 329 g/mol. The van der Waals surface area contributed by atoms with Crippen LogP contribution in [0.15, 0.2) is 21.2 Å². The molecule has 0 aromatic carbocycles. The molecule has 0 spiro atoms. The molecule has 0 aliphatic rings. The SMILES string of the molecule is CCCNC(c1occc1Br)c1snnc1CC. The van der Waals surface area contributed by atoms with E-state index in [1.165, 1.54) is 11.5 Å². The van der Waals surface area contributed by atoms with E-state index in [2.05, 4.69) is 44.7 Å². The van der Waals surface area contributed by atoms with E-state index >= 15 is 0 Å². The topological polar surface area (TPSA) is 51.0 Å². The predicted molar refractivity (Wildman–Crippen MR) is 75.8 cm³/mol. The van der Waals surface area contributed by atoms with E-state index in [-0.39, 0.29) is 6.04 Å². The number of halogens is 1. The maximum absolute atomic E-state index is 5.59. The van der Waals surface area contributed by atoms with Crippen molar-refractivity contribution >= 4 is 27.5 Å². The molecule has 2 rings (SSSR count). The van der Waals surface area contributed by atoms with E-state index in [0.717, 1.165) is 40.2 Å².